The molecule has 0 radical (unpaired) electrons. The van der Waals surface area contributed by atoms with Crippen LogP contribution in [0.2, 0.25) is 0 Å². The molecular formula is AuIO3. The minimum absolute atomic E-state index is 0. The van der Waals surface area contributed by atoms with Crippen LogP contribution in [0.5, 0.6) is 0 Å². The van der Waals surface area contributed by atoms with Crippen molar-refractivity contribution in [1.29, 1.82) is 0 Å². The maximum Gasteiger partial charge on any atom is 1.00 e. The average Bonchev–Trinajstić information content (AvgIpc) is 0.811. The summed E-state index contributed by atoms with van der Waals surface area (Å²) in [7, 11) is 0. The van der Waals surface area contributed by atoms with Crippen LogP contribution in [-0.2, 0) is 22.4 Å². The van der Waals surface area contributed by atoms with Crippen molar-refractivity contribution < 1.29 is 53.8 Å². The monoisotopic (exact) mass is 372 g/mol. The molecule has 0 amide bonds. The summed E-state index contributed by atoms with van der Waals surface area (Å²) in [4.78, 5) is 0. The van der Waals surface area contributed by atoms with Crippen molar-refractivity contribution in [2.24, 2.45) is 0 Å². The molecule has 0 aromatic rings. The molecular weight excluding hydrogens is 372 g/mol. The number of halogens is 1. The van der Waals surface area contributed by atoms with Crippen molar-refractivity contribution in [3.05, 3.63) is 0 Å². The first kappa shape index (κ1) is 9.61. The van der Waals surface area contributed by atoms with Gasteiger partial charge in [0.25, 0.3) is 21.1 Å². The summed E-state index contributed by atoms with van der Waals surface area (Å²) in [6.07, 6.45) is 0. The van der Waals surface area contributed by atoms with Gasteiger partial charge in [0.15, 0.2) is 0 Å². The first-order valence-electron chi connectivity index (χ1n) is 0.463. The molecule has 0 bridgehead atoms. The Hall–Kier alpha value is 1.35. The fraction of sp³-hybridized carbons (Fsp3) is 0. The molecule has 0 aliphatic rings. The van der Waals surface area contributed by atoms with Crippen LogP contribution in [0.4, 0.5) is 0 Å². The minimum Gasteiger partial charge on any atom is -0.427 e. The maximum absolute atomic E-state index is 8.57. The van der Waals surface area contributed by atoms with Crippen LogP contribution in [0.3, 0.4) is 0 Å². The zero-order valence-corrected chi connectivity index (χ0v) is 6.23. The molecule has 0 atom stereocenters. The van der Waals surface area contributed by atoms with E-state index < -0.39 is 21.1 Å². The van der Waals surface area contributed by atoms with E-state index in [4.69, 9.17) is 10.3 Å². The van der Waals surface area contributed by atoms with Gasteiger partial charge in [-0.2, -0.15) is 0 Å². The Bertz CT molecular complexity index is 11.6. The van der Waals surface area contributed by atoms with E-state index in [1.807, 2.05) is 0 Å². The van der Waals surface area contributed by atoms with Crippen LogP contribution in [-0.4, -0.2) is 0 Å². The molecule has 0 aliphatic carbocycles. The van der Waals surface area contributed by atoms with Crippen molar-refractivity contribution in [1.82, 2.24) is 0 Å². The fourth-order valence-electron chi connectivity index (χ4n) is 0. The average molecular weight is 372 g/mol. The van der Waals surface area contributed by atoms with Gasteiger partial charge in [-0.15, -0.1) is 0 Å². The quantitative estimate of drug-likeness (QED) is 0.314. The molecule has 0 saturated heterocycles. The van der Waals surface area contributed by atoms with E-state index in [1.165, 1.54) is 0 Å². The Labute approximate surface area is 53.6 Å². The number of hydrogen-bond donors (Lipinski definition) is 0. The summed E-state index contributed by atoms with van der Waals surface area (Å²) in [6, 6.07) is 0. The van der Waals surface area contributed by atoms with Gasteiger partial charge >= 0.3 is 22.4 Å². The van der Waals surface area contributed by atoms with E-state index in [0.717, 1.165) is 0 Å². The Morgan fingerprint density at radius 2 is 1.00 bits per heavy atom. The van der Waals surface area contributed by atoms with E-state index >= 15 is 0 Å². The van der Waals surface area contributed by atoms with E-state index in [1.54, 1.807) is 0 Å². The molecule has 0 aliphatic heterocycles. The van der Waals surface area contributed by atoms with E-state index in [-0.39, 0.29) is 22.4 Å². The van der Waals surface area contributed by atoms with Crippen LogP contribution in [0.1, 0.15) is 0 Å². The topological polar surface area (TPSA) is 69.2 Å². The first-order chi connectivity index (χ1) is 1.73. The number of hydrogen-bond acceptors (Lipinski definition) is 3. The summed E-state index contributed by atoms with van der Waals surface area (Å²) < 4.78 is 25.7. The summed E-state index contributed by atoms with van der Waals surface area (Å²) in [5, 5.41) is 0. The molecule has 0 unspecified atom stereocenters. The van der Waals surface area contributed by atoms with Crippen LogP contribution < -0.4 is 31.4 Å². The van der Waals surface area contributed by atoms with Gasteiger partial charge in [-0.25, -0.2) is 0 Å². The van der Waals surface area contributed by atoms with Gasteiger partial charge in [-0.05, 0) is 0 Å². The summed E-state index contributed by atoms with van der Waals surface area (Å²) in [5.74, 6) is 0. The first-order valence-corrected chi connectivity index (χ1v) is 3.11. The molecule has 0 rings (SSSR count). The van der Waals surface area contributed by atoms with Crippen molar-refractivity contribution in [3.8, 4) is 0 Å². The van der Waals surface area contributed by atoms with Gasteiger partial charge in [-0.1, -0.05) is 0 Å². The van der Waals surface area contributed by atoms with Gasteiger partial charge in [0.1, 0.15) is 0 Å². The van der Waals surface area contributed by atoms with E-state index in [2.05, 4.69) is 0 Å². The Balaban J connectivity index is 0. The zero-order chi connectivity index (χ0) is 3.58. The molecule has 0 N–H and O–H groups in total. The molecule has 5 heavy (non-hydrogen) atoms. The number of rotatable bonds is 0. The third-order valence-electron chi connectivity index (χ3n) is 0. The Morgan fingerprint density at radius 1 is 1.00 bits per heavy atom. The predicted octanol–water partition coefficient (Wildman–Crippen LogP) is -6.57. The van der Waals surface area contributed by atoms with Crippen LogP contribution >= 0.6 is 0 Å². The fourth-order valence-corrected chi connectivity index (χ4v) is 0. The van der Waals surface area contributed by atoms with Crippen molar-refractivity contribution in [2.45, 2.75) is 0 Å². The third-order valence-corrected chi connectivity index (χ3v) is 0. The van der Waals surface area contributed by atoms with Gasteiger partial charge in [0.2, 0.25) is 0 Å². The Morgan fingerprint density at radius 3 is 1.00 bits per heavy atom. The second kappa shape index (κ2) is 5.35. The smallest absolute Gasteiger partial charge is 0.427 e. The zero-order valence-electron chi connectivity index (χ0n) is 1.90. The van der Waals surface area contributed by atoms with E-state index in [9.17, 15) is 0 Å². The molecule has 0 aromatic heterocycles. The van der Waals surface area contributed by atoms with E-state index in [0.29, 0.717) is 0 Å². The van der Waals surface area contributed by atoms with Crippen molar-refractivity contribution in [2.75, 3.05) is 0 Å². The Kier molecular flexibility index (Phi) is 10.3. The van der Waals surface area contributed by atoms with Gasteiger partial charge in [0.05, 0.1) is 0 Å². The summed E-state index contributed by atoms with van der Waals surface area (Å²) in [6.45, 7) is 0. The summed E-state index contributed by atoms with van der Waals surface area (Å²) in [5.41, 5.74) is 0. The minimum atomic E-state index is -4.01. The molecule has 5 heteroatoms. The predicted molar refractivity (Wildman–Crippen MR) is 0 cm³/mol. The molecule has 0 fully saturated rings. The SMILES string of the molecule is [Au+].[O-][I+2]([O-])[O-]. The molecule has 36 valence electrons. The van der Waals surface area contributed by atoms with Crippen LogP contribution in [0.25, 0.3) is 0 Å². The largest absolute Gasteiger partial charge is 1.00 e. The van der Waals surface area contributed by atoms with Gasteiger partial charge < -0.3 is 10.3 Å². The van der Waals surface area contributed by atoms with Crippen molar-refractivity contribution in [3.63, 3.8) is 0 Å². The molecule has 0 aromatic carbocycles. The molecule has 0 spiro atoms. The van der Waals surface area contributed by atoms with Crippen LogP contribution in [0.15, 0.2) is 0 Å². The van der Waals surface area contributed by atoms with Crippen molar-refractivity contribution >= 4 is 0 Å². The van der Waals surface area contributed by atoms with Gasteiger partial charge in [-0.3, -0.25) is 0 Å². The second-order valence-corrected chi connectivity index (χ2v) is 1.27. The maximum atomic E-state index is 8.57. The van der Waals surface area contributed by atoms with Crippen LogP contribution in [0, 0.1) is 0 Å². The van der Waals surface area contributed by atoms with Gasteiger partial charge in [0, 0.05) is 0 Å². The second-order valence-electron chi connectivity index (χ2n) is 0.189. The normalized spacial score (nSPS) is 7.20. The summed E-state index contributed by atoms with van der Waals surface area (Å²) >= 11 is -4.01. The molecule has 3 nitrogen and oxygen atoms in total. The molecule has 0 heterocycles. The standard InChI is InChI=1S/Au.IO3/c;2-1(3)4/q+1;-1. The molecule has 0 saturated carbocycles. The third kappa shape index (κ3) is 32.9.